The molecule has 0 aliphatic heterocycles. The lowest BCUT2D eigenvalue weighted by molar-refractivity contribution is -0.142. The van der Waals surface area contributed by atoms with Crippen LogP contribution in [0.25, 0.3) is 0 Å². The second-order valence-electron chi connectivity index (χ2n) is 3.99. The Balaban J connectivity index is 2.58. The van der Waals surface area contributed by atoms with Gasteiger partial charge >= 0.3 is 22.3 Å². The van der Waals surface area contributed by atoms with Gasteiger partial charge in [-0.3, -0.25) is 0 Å². The highest BCUT2D eigenvalue weighted by Gasteiger charge is 2.28. The molecule has 0 aromatic heterocycles. The molecule has 1 rings (SSSR count). The Morgan fingerprint density at radius 1 is 1.29 bits per heavy atom. The highest BCUT2D eigenvalue weighted by atomic mass is 32.3. The van der Waals surface area contributed by atoms with Gasteiger partial charge in [0, 0.05) is 0 Å². The van der Waals surface area contributed by atoms with Crippen LogP contribution in [0.1, 0.15) is 5.56 Å². The summed E-state index contributed by atoms with van der Waals surface area (Å²) >= 11 is 0. The van der Waals surface area contributed by atoms with Crippen molar-refractivity contribution in [1.29, 1.82) is 0 Å². The molecular formula is C12H14FNO6S. The molecule has 0 heterocycles. The molecule has 0 saturated heterocycles. The minimum atomic E-state index is -4.96. The Morgan fingerprint density at radius 2 is 1.90 bits per heavy atom. The molecule has 1 N–H and O–H groups in total. The smallest absolute Gasteiger partial charge is 0.408 e. The molecule has 0 radical (unpaired) electrons. The fraction of sp³-hybridized carbons (Fsp3) is 0.333. The summed E-state index contributed by atoms with van der Waals surface area (Å²) in [6, 6.07) is 7.00. The first-order valence-electron chi connectivity index (χ1n) is 5.79. The first kappa shape index (κ1) is 16.9. The quantitative estimate of drug-likeness (QED) is 0.614. The lowest BCUT2D eigenvalue weighted by Gasteiger charge is -2.14. The fourth-order valence-electron chi connectivity index (χ4n) is 1.42. The molecule has 1 aromatic carbocycles. The van der Waals surface area contributed by atoms with Crippen molar-refractivity contribution in [2.45, 2.75) is 12.6 Å². The second kappa shape index (κ2) is 7.58. The molecule has 0 fully saturated rings. The third-order valence-corrected chi connectivity index (χ3v) is 3.09. The summed E-state index contributed by atoms with van der Waals surface area (Å²) < 4.78 is 42.8. The SMILES string of the molecule is COC(=O)[C@H](CS(=O)(=O)F)NC(=O)OCc1ccccc1. The van der Waals surface area contributed by atoms with E-state index in [2.05, 4.69) is 4.74 Å². The van der Waals surface area contributed by atoms with Crippen LogP contribution >= 0.6 is 0 Å². The van der Waals surface area contributed by atoms with E-state index in [1.807, 2.05) is 5.32 Å². The van der Waals surface area contributed by atoms with Gasteiger partial charge in [-0.05, 0) is 5.56 Å². The maximum absolute atomic E-state index is 12.6. The number of hydrogen-bond donors (Lipinski definition) is 1. The van der Waals surface area contributed by atoms with Crippen molar-refractivity contribution < 1.29 is 31.4 Å². The number of halogens is 1. The van der Waals surface area contributed by atoms with Crippen molar-refractivity contribution in [1.82, 2.24) is 5.32 Å². The topological polar surface area (TPSA) is 98.8 Å². The molecular weight excluding hydrogens is 305 g/mol. The zero-order valence-corrected chi connectivity index (χ0v) is 11.9. The maximum atomic E-state index is 12.6. The Kier molecular flexibility index (Phi) is 6.10. The molecule has 9 heteroatoms. The Bertz CT molecular complexity index is 589. The van der Waals surface area contributed by atoms with Gasteiger partial charge in [-0.1, -0.05) is 30.3 Å². The normalized spacial score (nSPS) is 12.3. The van der Waals surface area contributed by atoms with Crippen molar-refractivity contribution in [2.24, 2.45) is 0 Å². The van der Waals surface area contributed by atoms with E-state index in [4.69, 9.17) is 4.74 Å². The highest BCUT2D eigenvalue weighted by molar-refractivity contribution is 7.86. The number of rotatable bonds is 6. The van der Waals surface area contributed by atoms with Crippen LogP contribution in [0, 0.1) is 0 Å². The molecule has 1 amide bonds. The number of hydrogen-bond acceptors (Lipinski definition) is 6. The van der Waals surface area contributed by atoms with Crippen LogP contribution in [0.15, 0.2) is 30.3 Å². The first-order valence-corrected chi connectivity index (χ1v) is 7.34. The van der Waals surface area contributed by atoms with E-state index in [0.717, 1.165) is 7.11 Å². The van der Waals surface area contributed by atoms with Crippen LogP contribution in [0.4, 0.5) is 8.68 Å². The van der Waals surface area contributed by atoms with Crippen LogP contribution < -0.4 is 5.32 Å². The summed E-state index contributed by atoms with van der Waals surface area (Å²) in [5, 5.41) is 1.94. The van der Waals surface area contributed by atoms with E-state index in [1.165, 1.54) is 0 Å². The number of carbonyl (C=O) groups is 2. The van der Waals surface area contributed by atoms with Crippen molar-refractivity contribution in [3.05, 3.63) is 35.9 Å². The number of carbonyl (C=O) groups excluding carboxylic acids is 2. The number of methoxy groups -OCH3 is 1. The third-order valence-electron chi connectivity index (χ3n) is 2.36. The Hall–Kier alpha value is -2.16. The number of amides is 1. The predicted molar refractivity (Wildman–Crippen MR) is 70.5 cm³/mol. The molecule has 1 atom stereocenters. The lowest BCUT2D eigenvalue weighted by Crippen LogP contribution is -2.45. The van der Waals surface area contributed by atoms with Crippen LogP contribution in [0.3, 0.4) is 0 Å². The van der Waals surface area contributed by atoms with Gasteiger partial charge in [-0.2, -0.15) is 8.42 Å². The molecule has 116 valence electrons. The Labute approximate surface area is 121 Å². The van der Waals surface area contributed by atoms with Gasteiger partial charge in [0.1, 0.15) is 18.4 Å². The van der Waals surface area contributed by atoms with Crippen LogP contribution in [0.5, 0.6) is 0 Å². The summed E-state index contributed by atoms with van der Waals surface area (Å²) in [6.07, 6.45) is -1.06. The molecule has 21 heavy (non-hydrogen) atoms. The van der Waals surface area contributed by atoms with Gasteiger partial charge in [0.2, 0.25) is 0 Å². The average molecular weight is 319 g/mol. The number of ether oxygens (including phenoxy) is 2. The molecule has 7 nitrogen and oxygen atoms in total. The van der Waals surface area contributed by atoms with Gasteiger partial charge in [-0.15, -0.1) is 3.89 Å². The zero-order chi connectivity index (χ0) is 15.9. The summed E-state index contributed by atoms with van der Waals surface area (Å²) in [5.41, 5.74) is 0.695. The molecule has 0 aliphatic carbocycles. The monoisotopic (exact) mass is 319 g/mol. The van der Waals surface area contributed by atoms with Gasteiger partial charge < -0.3 is 14.8 Å². The van der Waals surface area contributed by atoms with Gasteiger partial charge in [0.05, 0.1) is 7.11 Å². The molecule has 0 saturated carbocycles. The standard InChI is InChI=1S/C12H14FNO6S/c1-19-11(15)10(8-21(13,17)18)14-12(16)20-7-9-5-3-2-4-6-9/h2-6,10H,7-8H2,1H3,(H,14,16)/t10-/m0/s1. The van der Waals surface area contributed by atoms with E-state index < -0.39 is 34.1 Å². The zero-order valence-electron chi connectivity index (χ0n) is 11.1. The van der Waals surface area contributed by atoms with Crippen molar-refractivity contribution in [2.75, 3.05) is 12.9 Å². The minimum Gasteiger partial charge on any atom is -0.467 e. The summed E-state index contributed by atoms with van der Waals surface area (Å²) in [4.78, 5) is 22.8. The largest absolute Gasteiger partial charge is 0.467 e. The van der Waals surface area contributed by atoms with Crippen LogP contribution in [0.2, 0.25) is 0 Å². The number of nitrogens with one attached hydrogen (secondary N) is 1. The molecule has 0 spiro atoms. The van der Waals surface area contributed by atoms with E-state index in [1.54, 1.807) is 30.3 Å². The average Bonchev–Trinajstić information content (AvgIpc) is 2.43. The number of alkyl carbamates (subject to hydrolysis) is 1. The predicted octanol–water partition coefficient (Wildman–Crippen LogP) is 0.754. The second-order valence-corrected chi connectivity index (χ2v) is 5.40. The molecule has 0 aliphatic rings. The van der Waals surface area contributed by atoms with Gasteiger partial charge in [0.25, 0.3) is 0 Å². The Morgan fingerprint density at radius 3 is 2.43 bits per heavy atom. The number of benzene rings is 1. The van der Waals surface area contributed by atoms with E-state index in [0.29, 0.717) is 5.56 Å². The molecule has 0 unspecified atom stereocenters. The maximum Gasteiger partial charge on any atom is 0.408 e. The van der Waals surface area contributed by atoms with Gasteiger partial charge in [0.15, 0.2) is 0 Å². The minimum absolute atomic E-state index is 0.0804. The molecule has 1 aromatic rings. The van der Waals surface area contributed by atoms with Crippen molar-refractivity contribution in [3.63, 3.8) is 0 Å². The van der Waals surface area contributed by atoms with Crippen molar-refractivity contribution in [3.8, 4) is 0 Å². The van der Waals surface area contributed by atoms with E-state index in [9.17, 15) is 21.9 Å². The van der Waals surface area contributed by atoms with E-state index >= 15 is 0 Å². The first-order chi connectivity index (χ1) is 9.81. The van der Waals surface area contributed by atoms with E-state index in [-0.39, 0.29) is 6.61 Å². The van der Waals surface area contributed by atoms with Gasteiger partial charge in [-0.25, -0.2) is 9.59 Å². The number of esters is 1. The lowest BCUT2D eigenvalue weighted by atomic mass is 10.2. The summed E-state index contributed by atoms with van der Waals surface area (Å²) in [5.74, 6) is -2.31. The van der Waals surface area contributed by atoms with Crippen LogP contribution in [-0.4, -0.2) is 39.4 Å². The highest BCUT2D eigenvalue weighted by Crippen LogP contribution is 2.02. The summed E-state index contributed by atoms with van der Waals surface area (Å²) in [6.45, 7) is -0.0804. The fourth-order valence-corrected chi connectivity index (χ4v) is 2.03. The molecule has 0 bridgehead atoms. The third kappa shape index (κ3) is 6.70. The van der Waals surface area contributed by atoms with Crippen LogP contribution in [-0.2, 0) is 31.1 Å². The summed E-state index contributed by atoms with van der Waals surface area (Å²) in [7, 11) is -3.98. The van der Waals surface area contributed by atoms with Crippen molar-refractivity contribution >= 4 is 22.3 Å².